The van der Waals surface area contributed by atoms with Crippen molar-refractivity contribution in [2.75, 3.05) is 22.7 Å². The van der Waals surface area contributed by atoms with Crippen molar-refractivity contribution in [2.24, 2.45) is 0 Å². The van der Waals surface area contributed by atoms with Gasteiger partial charge in [0.05, 0.1) is 16.8 Å². The van der Waals surface area contributed by atoms with Gasteiger partial charge in [-0.1, -0.05) is 18.2 Å². The van der Waals surface area contributed by atoms with Gasteiger partial charge in [0.2, 0.25) is 5.91 Å². The third-order valence-corrected chi connectivity index (χ3v) is 8.84. The lowest BCUT2D eigenvalue weighted by molar-refractivity contribution is -0.116. The van der Waals surface area contributed by atoms with Gasteiger partial charge in [0, 0.05) is 12.2 Å². The smallest absolute Gasteiger partial charge is 0.273 e. The van der Waals surface area contributed by atoms with E-state index in [0.29, 0.717) is 30.8 Å². The van der Waals surface area contributed by atoms with Gasteiger partial charge in [-0.05, 0) is 60.2 Å². The molecule has 8 nitrogen and oxygen atoms in total. The molecule has 10 heteroatoms. The largest absolute Gasteiger partial charge is 0.325 e. The van der Waals surface area contributed by atoms with Crippen molar-refractivity contribution in [3.63, 3.8) is 0 Å². The van der Waals surface area contributed by atoms with E-state index < -0.39 is 34.3 Å². The zero-order chi connectivity index (χ0) is 23.2. The number of aryl methyl sites for hydroxylation is 1. The molecule has 0 fully saturated rings. The number of amides is 3. The summed E-state index contributed by atoms with van der Waals surface area (Å²) in [6.45, 7) is -0.0129. The first-order chi connectivity index (χ1) is 15.9. The van der Waals surface area contributed by atoms with Gasteiger partial charge in [-0.3, -0.25) is 23.6 Å². The van der Waals surface area contributed by atoms with Crippen molar-refractivity contribution in [3.05, 3.63) is 76.7 Å². The molecule has 0 bridgehead atoms. The van der Waals surface area contributed by atoms with Gasteiger partial charge >= 0.3 is 0 Å². The highest BCUT2D eigenvalue weighted by atomic mass is 32.2. The number of nitrogens with zero attached hydrogens (tertiary/aromatic N) is 2. The van der Waals surface area contributed by atoms with Crippen LogP contribution in [0.5, 0.6) is 0 Å². The molecule has 0 spiro atoms. The maximum Gasteiger partial charge on any atom is 0.273 e. The number of thiophene rings is 1. The molecule has 2 aromatic carbocycles. The molecule has 0 radical (unpaired) electrons. The van der Waals surface area contributed by atoms with Crippen molar-refractivity contribution in [2.45, 2.75) is 17.1 Å². The number of sulfonamides is 1. The molecule has 168 valence electrons. The maximum atomic E-state index is 13.0. The Bertz CT molecular complexity index is 1350. The molecule has 0 saturated heterocycles. The average molecular weight is 482 g/mol. The number of benzene rings is 2. The minimum atomic E-state index is -3.64. The number of anilines is 2. The predicted molar refractivity (Wildman–Crippen MR) is 124 cm³/mol. The van der Waals surface area contributed by atoms with Crippen molar-refractivity contribution in [1.29, 1.82) is 0 Å². The number of imide groups is 1. The Labute approximate surface area is 194 Å². The molecule has 1 aromatic heterocycles. The lowest BCUT2D eigenvalue weighted by atomic mass is 10.0. The van der Waals surface area contributed by atoms with E-state index in [4.69, 9.17) is 0 Å². The van der Waals surface area contributed by atoms with Crippen LogP contribution in [0.2, 0.25) is 0 Å². The zero-order valence-corrected chi connectivity index (χ0v) is 19.0. The Morgan fingerprint density at radius 2 is 1.73 bits per heavy atom. The Balaban J connectivity index is 1.33. The zero-order valence-electron chi connectivity index (χ0n) is 17.4. The summed E-state index contributed by atoms with van der Waals surface area (Å²) in [5.74, 6) is -1.50. The van der Waals surface area contributed by atoms with E-state index in [2.05, 4.69) is 5.32 Å². The van der Waals surface area contributed by atoms with Crippen LogP contribution >= 0.6 is 11.3 Å². The quantitative estimate of drug-likeness (QED) is 0.564. The molecule has 3 amide bonds. The molecule has 1 N–H and O–H groups in total. The van der Waals surface area contributed by atoms with E-state index in [1.54, 1.807) is 60.0 Å². The van der Waals surface area contributed by atoms with Crippen LogP contribution < -0.4 is 9.62 Å². The standard InChI is InChI=1S/C23H19N3O5S2/c27-20(14-25-22(28)17-6-1-2-7-18(17)23(25)29)24-16-9-10-19-15(13-16)5-3-11-26(19)33(30,31)21-8-4-12-32-21/h1-2,4,6-10,12-13H,3,5,11,14H2,(H,24,27). The maximum absolute atomic E-state index is 13.0. The van der Waals surface area contributed by atoms with Crippen LogP contribution in [-0.4, -0.2) is 44.1 Å². The van der Waals surface area contributed by atoms with Crippen LogP contribution in [0.15, 0.2) is 64.2 Å². The van der Waals surface area contributed by atoms with Gasteiger partial charge in [-0.25, -0.2) is 8.42 Å². The number of carbonyl (C=O) groups is 3. The highest BCUT2D eigenvalue weighted by molar-refractivity contribution is 7.94. The Morgan fingerprint density at radius 1 is 1.00 bits per heavy atom. The highest BCUT2D eigenvalue weighted by Gasteiger charge is 2.36. The molecular formula is C23H19N3O5S2. The summed E-state index contributed by atoms with van der Waals surface area (Å²) in [6.07, 6.45) is 1.33. The molecule has 0 saturated carbocycles. The van der Waals surface area contributed by atoms with Crippen molar-refractivity contribution in [3.8, 4) is 0 Å². The van der Waals surface area contributed by atoms with E-state index in [0.717, 1.165) is 10.5 Å². The topological polar surface area (TPSA) is 104 Å². The molecule has 0 aliphatic carbocycles. The van der Waals surface area contributed by atoms with E-state index in [1.165, 1.54) is 15.6 Å². The molecular weight excluding hydrogens is 462 g/mol. The minimum Gasteiger partial charge on any atom is -0.325 e. The fraction of sp³-hybridized carbons (Fsp3) is 0.174. The fourth-order valence-electron chi connectivity index (χ4n) is 4.14. The van der Waals surface area contributed by atoms with Gasteiger partial charge < -0.3 is 5.32 Å². The second-order valence-corrected chi connectivity index (χ2v) is 10.8. The summed E-state index contributed by atoms with van der Waals surface area (Å²) in [7, 11) is -3.64. The van der Waals surface area contributed by atoms with Gasteiger partial charge in [0.1, 0.15) is 10.8 Å². The predicted octanol–water partition coefficient (Wildman–Crippen LogP) is 3.12. The first-order valence-corrected chi connectivity index (χ1v) is 12.6. The fourth-order valence-corrected chi connectivity index (χ4v) is 6.78. The average Bonchev–Trinajstić information content (AvgIpc) is 3.44. The first-order valence-electron chi connectivity index (χ1n) is 10.3. The number of nitrogens with one attached hydrogen (secondary N) is 1. The van der Waals surface area contributed by atoms with Gasteiger partial charge in [0.25, 0.3) is 21.8 Å². The summed E-state index contributed by atoms with van der Waals surface area (Å²) in [6, 6.07) is 14.8. The molecule has 0 atom stereocenters. The van der Waals surface area contributed by atoms with Crippen molar-refractivity contribution < 1.29 is 22.8 Å². The van der Waals surface area contributed by atoms with Crippen LogP contribution in [0.25, 0.3) is 0 Å². The normalized spacial score (nSPS) is 15.4. The van der Waals surface area contributed by atoms with E-state index in [-0.39, 0.29) is 15.3 Å². The molecule has 2 aliphatic heterocycles. The molecule has 33 heavy (non-hydrogen) atoms. The SMILES string of the molecule is O=C(CN1C(=O)c2ccccc2C1=O)Nc1ccc2c(c1)CCCN2S(=O)(=O)c1cccs1. The minimum absolute atomic E-state index is 0.286. The number of rotatable bonds is 5. The van der Waals surface area contributed by atoms with Gasteiger partial charge in [-0.2, -0.15) is 0 Å². The molecule has 3 heterocycles. The molecule has 3 aromatic rings. The monoisotopic (exact) mass is 481 g/mol. The second kappa shape index (κ2) is 8.13. The Hall–Kier alpha value is -3.50. The van der Waals surface area contributed by atoms with Crippen LogP contribution in [-0.2, 0) is 21.2 Å². The summed E-state index contributed by atoms with van der Waals surface area (Å²) >= 11 is 1.17. The summed E-state index contributed by atoms with van der Waals surface area (Å²) < 4.78 is 27.7. The lowest BCUT2D eigenvalue weighted by Gasteiger charge is -2.30. The number of carbonyl (C=O) groups excluding carboxylic acids is 3. The number of hydrogen-bond donors (Lipinski definition) is 1. The molecule has 5 rings (SSSR count). The van der Waals surface area contributed by atoms with Crippen molar-refractivity contribution in [1.82, 2.24) is 4.90 Å². The summed E-state index contributed by atoms with van der Waals surface area (Å²) in [5, 5.41) is 4.44. The van der Waals surface area contributed by atoms with Crippen LogP contribution in [0, 0.1) is 0 Å². The summed E-state index contributed by atoms with van der Waals surface area (Å²) in [4.78, 5) is 38.5. The van der Waals surface area contributed by atoms with Gasteiger partial charge in [0.15, 0.2) is 0 Å². The van der Waals surface area contributed by atoms with Crippen molar-refractivity contribution >= 4 is 50.5 Å². The Morgan fingerprint density at radius 3 is 2.39 bits per heavy atom. The van der Waals surface area contributed by atoms with Crippen LogP contribution in [0.1, 0.15) is 32.7 Å². The Kier molecular flexibility index (Phi) is 5.26. The number of hydrogen-bond acceptors (Lipinski definition) is 6. The third-order valence-electron chi connectivity index (χ3n) is 5.66. The highest BCUT2D eigenvalue weighted by Crippen LogP contribution is 2.35. The summed E-state index contributed by atoms with van der Waals surface area (Å²) in [5.41, 5.74) is 2.45. The van der Waals surface area contributed by atoms with Crippen LogP contribution in [0.4, 0.5) is 11.4 Å². The lowest BCUT2D eigenvalue weighted by Crippen LogP contribution is -2.37. The third kappa shape index (κ3) is 3.70. The molecule has 2 aliphatic rings. The number of fused-ring (bicyclic) bond motifs is 2. The van der Waals surface area contributed by atoms with E-state index in [9.17, 15) is 22.8 Å². The molecule has 0 unspecified atom stereocenters. The van der Waals surface area contributed by atoms with Crippen LogP contribution in [0.3, 0.4) is 0 Å². The van der Waals surface area contributed by atoms with Gasteiger partial charge in [-0.15, -0.1) is 11.3 Å². The first kappa shape index (κ1) is 21.4. The van der Waals surface area contributed by atoms with E-state index >= 15 is 0 Å². The second-order valence-electron chi connectivity index (χ2n) is 7.75. The van der Waals surface area contributed by atoms with E-state index in [1.807, 2.05) is 0 Å².